The van der Waals surface area contributed by atoms with Gasteiger partial charge in [-0.15, -0.1) is 0 Å². The van der Waals surface area contributed by atoms with Crippen LogP contribution in [0, 0.1) is 11.8 Å². The largest absolute Gasteiger partial charge is 0.312 e. The van der Waals surface area contributed by atoms with Gasteiger partial charge in [0, 0.05) is 25.7 Å². The summed E-state index contributed by atoms with van der Waals surface area (Å²) < 4.78 is 0. The Morgan fingerprint density at radius 1 is 1.00 bits per heavy atom. The van der Waals surface area contributed by atoms with Crippen LogP contribution in [0.2, 0.25) is 0 Å². The molecule has 1 N–H and O–H groups in total. The predicted molar refractivity (Wildman–Crippen MR) is 87.5 cm³/mol. The van der Waals surface area contributed by atoms with Crippen LogP contribution in [-0.2, 0) is 0 Å². The van der Waals surface area contributed by atoms with Crippen LogP contribution in [0.5, 0.6) is 0 Å². The molecule has 1 atom stereocenters. The molecule has 2 nitrogen and oxygen atoms in total. The van der Waals surface area contributed by atoms with Crippen molar-refractivity contribution in [1.29, 1.82) is 0 Å². The van der Waals surface area contributed by atoms with Gasteiger partial charge >= 0.3 is 0 Å². The van der Waals surface area contributed by atoms with Crippen LogP contribution in [-0.4, -0.2) is 37.1 Å². The molecule has 1 heterocycles. The van der Waals surface area contributed by atoms with Gasteiger partial charge < -0.3 is 10.2 Å². The normalized spacial score (nSPS) is 26.6. The first-order chi connectivity index (χ1) is 10.4. The van der Waals surface area contributed by atoms with Gasteiger partial charge in [-0.2, -0.15) is 0 Å². The summed E-state index contributed by atoms with van der Waals surface area (Å²) in [6, 6.07) is 11.9. The van der Waals surface area contributed by atoms with Crippen LogP contribution < -0.4 is 5.32 Å². The van der Waals surface area contributed by atoms with Gasteiger partial charge in [0.05, 0.1) is 0 Å². The third-order valence-corrected chi connectivity index (χ3v) is 5.61. The summed E-state index contributed by atoms with van der Waals surface area (Å²) in [5.74, 6) is 2.80. The number of hydrogen-bond donors (Lipinski definition) is 1. The van der Waals surface area contributed by atoms with E-state index in [2.05, 4.69) is 40.5 Å². The number of rotatable bonds is 7. The first-order valence-electron chi connectivity index (χ1n) is 8.91. The Morgan fingerprint density at radius 2 is 1.71 bits per heavy atom. The fourth-order valence-electron chi connectivity index (χ4n) is 4.05. The van der Waals surface area contributed by atoms with E-state index in [9.17, 15) is 0 Å². The number of hydrogen-bond acceptors (Lipinski definition) is 2. The summed E-state index contributed by atoms with van der Waals surface area (Å²) in [6.45, 7) is 4.96. The van der Waals surface area contributed by atoms with Gasteiger partial charge in [0.15, 0.2) is 0 Å². The van der Waals surface area contributed by atoms with Gasteiger partial charge in [0.1, 0.15) is 0 Å². The lowest BCUT2D eigenvalue weighted by atomic mass is 9.99. The van der Waals surface area contributed by atoms with Crippen molar-refractivity contribution in [2.24, 2.45) is 11.8 Å². The monoisotopic (exact) mass is 284 g/mol. The molecule has 2 heteroatoms. The fraction of sp³-hybridized carbons (Fsp3) is 0.684. The van der Waals surface area contributed by atoms with Gasteiger partial charge in [0.2, 0.25) is 0 Å². The molecule has 3 aliphatic rings. The highest BCUT2D eigenvalue weighted by molar-refractivity contribution is 5.21. The molecular formula is C19H28N2. The maximum atomic E-state index is 3.88. The van der Waals surface area contributed by atoms with Crippen LogP contribution in [0.15, 0.2) is 30.3 Å². The molecule has 0 bridgehead atoms. The Hall–Kier alpha value is -0.860. The van der Waals surface area contributed by atoms with E-state index >= 15 is 0 Å². The van der Waals surface area contributed by atoms with E-state index in [0.29, 0.717) is 0 Å². The molecule has 1 aliphatic heterocycles. The summed E-state index contributed by atoms with van der Waals surface area (Å²) in [7, 11) is 0. The van der Waals surface area contributed by atoms with E-state index in [1.807, 2.05) is 0 Å². The van der Waals surface area contributed by atoms with Gasteiger partial charge in [-0.05, 0) is 62.0 Å². The third kappa shape index (κ3) is 3.49. The van der Waals surface area contributed by atoms with Gasteiger partial charge in [0.25, 0.3) is 0 Å². The van der Waals surface area contributed by atoms with E-state index in [0.717, 1.165) is 23.8 Å². The average molecular weight is 284 g/mol. The summed E-state index contributed by atoms with van der Waals surface area (Å²) in [6.07, 6.45) is 7.25. The third-order valence-electron chi connectivity index (χ3n) is 5.61. The summed E-state index contributed by atoms with van der Waals surface area (Å²) >= 11 is 0. The van der Waals surface area contributed by atoms with Crippen LogP contribution in [0.25, 0.3) is 0 Å². The molecule has 2 saturated carbocycles. The van der Waals surface area contributed by atoms with Crippen molar-refractivity contribution in [2.75, 3.05) is 26.2 Å². The van der Waals surface area contributed by atoms with Crippen LogP contribution in [0.3, 0.4) is 0 Å². The lowest BCUT2D eigenvalue weighted by Crippen LogP contribution is -2.38. The zero-order valence-corrected chi connectivity index (χ0v) is 13.0. The van der Waals surface area contributed by atoms with Crippen molar-refractivity contribution in [2.45, 2.75) is 44.1 Å². The number of nitrogens with zero attached hydrogens (tertiary/aromatic N) is 1. The summed E-state index contributed by atoms with van der Waals surface area (Å²) in [5.41, 5.74) is 1.53. The Bertz CT molecular complexity index is 438. The van der Waals surface area contributed by atoms with Gasteiger partial charge in [-0.25, -0.2) is 0 Å². The number of benzene rings is 1. The van der Waals surface area contributed by atoms with Crippen molar-refractivity contribution in [3.63, 3.8) is 0 Å². The summed E-state index contributed by atoms with van der Waals surface area (Å²) in [4.78, 5) is 2.65. The minimum absolute atomic E-state index is 0.758. The van der Waals surface area contributed by atoms with Crippen molar-refractivity contribution in [1.82, 2.24) is 10.2 Å². The van der Waals surface area contributed by atoms with Crippen LogP contribution in [0.4, 0.5) is 0 Å². The molecule has 2 aliphatic carbocycles. The minimum atomic E-state index is 0.758. The van der Waals surface area contributed by atoms with Crippen LogP contribution >= 0.6 is 0 Å². The van der Waals surface area contributed by atoms with Crippen molar-refractivity contribution >= 4 is 0 Å². The number of nitrogens with one attached hydrogen (secondary N) is 1. The molecular weight excluding hydrogens is 256 g/mol. The van der Waals surface area contributed by atoms with E-state index in [1.54, 1.807) is 0 Å². The van der Waals surface area contributed by atoms with Crippen LogP contribution in [0.1, 0.15) is 43.6 Å². The highest BCUT2D eigenvalue weighted by Gasteiger charge is 2.40. The van der Waals surface area contributed by atoms with Gasteiger partial charge in [-0.3, -0.25) is 0 Å². The minimum Gasteiger partial charge on any atom is -0.312 e. The molecule has 0 radical (unpaired) electrons. The molecule has 21 heavy (non-hydrogen) atoms. The zero-order valence-electron chi connectivity index (χ0n) is 13.0. The molecule has 0 amide bonds. The first-order valence-corrected chi connectivity index (χ1v) is 8.91. The van der Waals surface area contributed by atoms with Crippen molar-refractivity contribution in [3.8, 4) is 0 Å². The molecule has 3 fully saturated rings. The lowest BCUT2D eigenvalue weighted by Gasteiger charge is -2.21. The molecule has 114 valence electrons. The van der Waals surface area contributed by atoms with E-state index in [1.165, 1.54) is 63.8 Å². The van der Waals surface area contributed by atoms with E-state index < -0.39 is 0 Å². The fourth-order valence-corrected chi connectivity index (χ4v) is 4.05. The standard InChI is InChI=1S/C19H28N2/c1-2-4-15(5-3-1)18-10-12-21(14-18)13-11-20-19(16-6-7-16)17-8-9-17/h1-5,16-20H,6-14H2. The molecule has 0 aromatic heterocycles. The Balaban J connectivity index is 1.21. The molecule has 4 rings (SSSR count). The van der Waals surface area contributed by atoms with Gasteiger partial charge in [-0.1, -0.05) is 30.3 Å². The Labute approximate surface area is 128 Å². The van der Waals surface area contributed by atoms with E-state index in [-0.39, 0.29) is 0 Å². The molecule has 1 aromatic rings. The molecule has 1 unspecified atom stereocenters. The number of likely N-dealkylation sites (tertiary alicyclic amines) is 1. The first kappa shape index (κ1) is 13.8. The highest BCUT2D eigenvalue weighted by Crippen LogP contribution is 2.44. The Kier molecular flexibility index (Phi) is 4.00. The molecule has 0 spiro atoms. The predicted octanol–water partition coefficient (Wildman–Crippen LogP) is 3.25. The lowest BCUT2D eigenvalue weighted by molar-refractivity contribution is 0.311. The summed E-state index contributed by atoms with van der Waals surface area (Å²) in [5, 5.41) is 3.88. The SMILES string of the molecule is c1ccc(C2CCN(CCNC(C3CC3)C3CC3)C2)cc1. The smallest absolute Gasteiger partial charge is 0.0124 e. The van der Waals surface area contributed by atoms with Crippen molar-refractivity contribution in [3.05, 3.63) is 35.9 Å². The highest BCUT2D eigenvalue weighted by atomic mass is 15.2. The zero-order chi connectivity index (χ0) is 14.1. The molecule has 1 aromatic carbocycles. The second-order valence-electron chi connectivity index (χ2n) is 7.35. The second-order valence-corrected chi connectivity index (χ2v) is 7.35. The average Bonchev–Trinajstić information content (AvgIpc) is 3.45. The Morgan fingerprint density at radius 3 is 2.38 bits per heavy atom. The second kappa shape index (κ2) is 6.10. The van der Waals surface area contributed by atoms with E-state index in [4.69, 9.17) is 0 Å². The maximum absolute atomic E-state index is 3.88. The topological polar surface area (TPSA) is 15.3 Å². The quantitative estimate of drug-likeness (QED) is 0.827. The molecule has 1 saturated heterocycles. The maximum Gasteiger partial charge on any atom is 0.0124 e. The van der Waals surface area contributed by atoms with Crippen molar-refractivity contribution < 1.29 is 0 Å².